The van der Waals surface area contributed by atoms with Crippen molar-refractivity contribution in [3.05, 3.63) is 33.8 Å². The Morgan fingerprint density at radius 2 is 2.12 bits per heavy atom. The molecule has 1 rings (SSSR count). The molecule has 0 fully saturated rings. The summed E-state index contributed by atoms with van der Waals surface area (Å²) in [6.45, 7) is 4.25. The topological polar surface area (TPSA) is 17.1 Å². The Bertz CT molecular complexity index is 393. The van der Waals surface area contributed by atoms with Crippen LogP contribution in [0.1, 0.15) is 25.8 Å². The van der Waals surface area contributed by atoms with E-state index >= 15 is 0 Å². The summed E-state index contributed by atoms with van der Waals surface area (Å²) < 4.78 is 0. The van der Waals surface area contributed by atoms with Crippen molar-refractivity contribution in [3.8, 4) is 0 Å². The van der Waals surface area contributed by atoms with Gasteiger partial charge in [0.2, 0.25) is 0 Å². The molecule has 94 valence electrons. The molecule has 1 aromatic carbocycles. The van der Waals surface area contributed by atoms with E-state index in [-0.39, 0.29) is 5.78 Å². The van der Waals surface area contributed by atoms with E-state index in [0.717, 1.165) is 12.0 Å². The van der Waals surface area contributed by atoms with Crippen LogP contribution in [0, 0.1) is 0 Å². The minimum Gasteiger partial charge on any atom is -0.298 e. The second-order valence-electron chi connectivity index (χ2n) is 3.98. The monoisotopic (exact) mass is 290 g/mol. The van der Waals surface area contributed by atoms with Gasteiger partial charge in [-0.1, -0.05) is 37.0 Å². The third-order valence-electron chi connectivity index (χ3n) is 2.50. The molecule has 0 aliphatic carbocycles. The van der Waals surface area contributed by atoms with Crippen LogP contribution in [0.4, 0.5) is 0 Å². The number of carbonyl (C=O) groups excluding carboxylic acids is 1. The lowest BCUT2D eigenvalue weighted by atomic mass is 10.1. The third kappa shape index (κ3) is 5.33. The van der Waals surface area contributed by atoms with E-state index in [9.17, 15) is 4.79 Å². The summed E-state index contributed by atoms with van der Waals surface area (Å²) in [7, 11) is 0. The largest absolute Gasteiger partial charge is 0.298 e. The maximum absolute atomic E-state index is 11.8. The van der Waals surface area contributed by atoms with Gasteiger partial charge in [-0.15, -0.1) is 0 Å². The first kappa shape index (κ1) is 14.9. The van der Waals surface area contributed by atoms with Crippen LogP contribution in [-0.2, 0) is 11.2 Å². The lowest BCUT2D eigenvalue weighted by Crippen LogP contribution is -2.09. The zero-order valence-corrected chi connectivity index (χ0v) is 12.3. The molecule has 4 heteroatoms. The number of halogens is 2. The molecule has 1 atom stereocenters. The fourth-order valence-corrected chi connectivity index (χ4v) is 2.48. The third-order valence-corrected chi connectivity index (χ3v) is 4.49. The van der Waals surface area contributed by atoms with Crippen molar-refractivity contribution in [1.82, 2.24) is 0 Å². The molecule has 1 unspecified atom stereocenters. The van der Waals surface area contributed by atoms with Gasteiger partial charge in [-0.2, -0.15) is 11.8 Å². The Kier molecular flexibility index (Phi) is 6.39. The number of hydrogen-bond acceptors (Lipinski definition) is 2. The maximum atomic E-state index is 11.8. The average Bonchev–Trinajstić information content (AvgIpc) is 2.30. The Morgan fingerprint density at radius 1 is 1.41 bits per heavy atom. The Morgan fingerprint density at radius 3 is 2.76 bits per heavy atom. The number of thioether (sulfide) groups is 1. The van der Waals surface area contributed by atoms with Crippen molar-refractivity contribution in [2.75, 3.05) is 5.75 Å². The van der Waals surface area contributed by atoms with Gasteiger partial charge < -0.3 is 0 Å². The average molecular weight is 291 g/mol. The van der Waals surface area contributed by atoms with E-state index in [4.69, 9.17) is 23.2 Å². The zero-order valence-electron chi connectivity index (χ0n) is 10.0. The Labute approximate surface area is 117 Å². The number of carbonyl (C=O) groups is 1. The van der Waals surface area contributed by atoms with Gasteiger partial charge >= 0.3 is 0 Å². The van der Waals surface area contributed by atoms with Crippen molar-refractivity contribution in [3.63, 3.8) is 0 Å². The fraction of sp³-hybridized carbons (Fsp3) is 0.462. The van der Waals surface area contributed by atoms with Crippen molar-refractivity contribution < 1.29 is 4.79 Å². The summed E-state index contributed by atoms with van der Waals surface area (Å²) in [5, 5.41) is 1.75. The second kappa shape index (κ2) is 7.30. The first-order valence-corrected chi connectivity index (χ1v) is 7.40. The van der Waals surface area contributed by atoms with Gasteiger partial charge in [-0.25, -0.2) is 0 Å². The summed E-state index contributed by atoms with van der Waals surface area (Å²) in [5.41, 5.74) is 0.814. The van der Waals surface area contributed by atoms with Crippen molar-refractivity contribution >= 4 is 40.7 Å². The molecule has 0 aliphatic heterocycles. The summed E-state index contributed by atoms with van der Waals surface area (Å²) >= 11 is 13.6. The van der Waals surface area contributed by atoms with Gasteiger partial charge in [0, 0.05) is 21.7 Å². The number of Topliss-reactive ketones (excluding diaryl/α,β-unsaturated/α-hetero) is 1. The van der Waals surface area contributed by atoms with Crippen LogP contribution in [0.15, 0.2) is 18.2 Å². The molecule has 1 nitrogen and oxygen atoms in total. The van der Waals surface area contributed by atoms with Gasteiger partial charge in [-0.3, -0.25) is 4.79 Å². The predicted octanol–water partition coefficient (Wildman–Crippen LogP) is 4.64. The van der Waals surface area contributed by atoms with E-state index in [1.807, 2.05) is 0 Å². The smallest absolute Gasteiger partial charge is 0.147 e. The predicted molar refractivity (Wildman–Crippen MR) is 77.4 cm³/mol. The highest BCUT2D eigenvalue weighted by atomic mass is 35.5. The van der Waals surface area contributed by atoms with Gasteiger partial charge in [0.05, 0.1) is 5.75 Å². The molecule has 0 saturated carbocycles. The number of hydrogen-bond donors (Lipinski definition) is 0. The highest BCUT2D eigenvalue weighted by Gasteiger charge is 2.09. The first-order valence-electron chi connectivity index (χ1n) is 5.60. The minimum atomic E-state index is 0.194. The van der Waals surface area contributed by atoms with Gasteiger partial charge in [-0.05, 0) is 30.2 Å². The molecule has 0 spiro atoms. The summed E-state index contributed by atoms with van der Waals surface area (Å²) in [6, 6.07) is 5.22. The summed E-state index contributed by atoms with van der Waals surface area (Å²) in [6.07, 6.45) is 1.44. The van der Waals surface area contributed by atoms with Crippen LogP contribution in [-0.4, -0.2) is 16.8 Å². The van der Waals surface area contributed by atoms with Gasteiger partial charge in [0.25, 0.3) is 0 Å². The molecule has 0 aliphatic rings. The minimum absolute atomic E-state index is 0.194. The van der Waals surface area contributed by atoms with Gasteiger partial charge in [0.15, 0.2) is 0 Å². The molecule has 0 saturated heterocycles. The van der Waals surface area contributed by atoms with Crippen LogP contribution in [0.25, 0.3) is 0 Å². The van der Waals surface area contributed by atoms with Crippen molar-refractivity contribution in [1.29, 1.82) is 0 Å². The van der Waals surface area contributed by atoms with Gasteiger partial charge in [0.1, 0.15) is 5.78 Å². The Hall–Kier alpha value is -0.180. The van der Waals surface area contributed by atoms with Crippen LogP contribution < -0.4 is 0 Å². The zero-order chi connectivity index (χ0) is 12.8. The van der Waals surface area contributed by atoms with Crippen LogP contribution >= 0.6 is 35.0 Å². The molecule has 0 amide bonds. The summed E-state index contributed by atoms with van der Waals surface area (Å²) in [4.78, 5) is 11.8. The normalized spacial score (nSPS) is 12.5. The lowest BCUT2D eigenvalue weighted by molar-refractivity contribution is -0.116. The molecule has 1 aromatic rings. The maximum Gasteiger partial charge on any atom is 0.147 e. The molecular formula is C13H16Cl2OS. The SMILES string of the molecule is CCC(C)SCC(=O)Cc1cc(Cl)ccc1Cl. The standard InChI is InChI=1S/C13H16Cl2OS/c1-3-9(2)17-8-12(16)7-10-6-11(14)4-5-13(10)15/h4-6,9H,3,7-8H2,1-2H3. The molecule has 17 heavy (non-hydrogen) atoms. The lowest BCUT2D eigenvalue weighted by Gasteiger charge is -2.08. The number of ketones is 1. The van der Waals surface area contributed by atoms with Crippen LogP contribution in [0.2, 0.25) is 10.0 Å². The number of benzene rings is 1. The number of rotatable bonds is 6. The molecular weight excluding hydrogens is 275 g/mol. The van der Waals surface area contributed by atoms with E-state index in [1.165, 1.54) is 0 Å². The first-order chi connectivity index (χ1) is 8.02. The quantitative estimate of drug-likeness (QED) is 0.759. The second-order valence-corrected chi connectivity index (χ2v) is 6.25. The molecule has 0 heterocycles. The van der Waals surface area contributed by atoms with Crippen molar-refractivity contribution in [2.45, 2.75) is 31.9 Å². The van der Waals surface area contributed by atoms with E-state index in [1.54, 1.807) is 30.0 Å². The van der Waals surface area contributed by atoms with Crippen molar-refractivity contribution in [2.24, 2.45) is 0 Å². The van der Waals surface area contributed by atoms with E-state index in [2.05, 4.69) is 13.8 Å². The van der Waals surface area contributed by atoms with Crippen LogP contribution in [0.5, 0.6) is 0 Å². The molecule has 0 aromatic heterocycles. The Balaban J connectivity index is 2.53. The van der Waals surface area contributed by atoms with E-state index < -0.39 is 0 Å². The highest BCUT2D eigenvalue weighted by molar-refractivity contribution is 8.00. The highest BCUT2D eigenvalue weighted by Crippen LogP contribution is 2.22. The fourth-order valence-electron chi connectivity index (χ4n) is 1.30. The molecule has 0 bridgehead atoms. The molecule has 0 N–H and O–H groups in total. The van der Waals surface area contributed by atoms with Crippen LogP contribution in [0.3, 0.4) is 0 Å². The molecule has 0 radical (unpaired) electrons. The summed E-state index contributed by atoms with van der Waals surface area (Å²) in [5.74, 6) is 0.733. The van der Waals surface area contributed by atoms with E-state index in [0.29, 0.717) is 27.5 Å².